The Morgan fingerprint density at radius 2 is 1.95 bits per heavy atom. The molecule has 0 aliphatic rings. The molecule has 0 aromatic heterocycles. The molecule has 1 rings (SSSR count). The van der Waals surface area contributed by atoms with Gasteiger partial charge in [0.05, 0.1) is 14.2 Å². The second-order valence-corrected chi connectivity index (χ2v) is 4.95. The van der Waals surface area contributed by atoms with Crippen LogP contribution in [0.3, 0.4) is 0 Å². The molecule has 5 heteroatoms. The van der Waals surface area contributed by atoms with E-state index in [0.29, 0.717) is 36.9 Å². The maximum Gasteiger partial charge on any atom is 0.220 e. The molecule has 5 nitrogen and oxygen atoms in total. The van der Waals surface area contributed by atoms with Gasteiger partial charge in [0.2, 0.25) is 5.91 Å². The molecule has 0 unspecified atom stereocenters. The van der Waals surface area contributed by atoms with E-state index in [9.17, 15) is 4.79 Å². The van der Waals surface area contributed by atoms with Crippen molar-refractivity contribution in [3.8, 4) is 11.5 Å². The number of amides is 1. The van der Waals surface area contributed by atoms with Gasteiger partial charge >= 0.3 is 0 Å². The highest BCUT2D eigenvalue weighted by molar-refractivity contribution is 5.76. The van der Waals surface area contributed by atoms with E-state index in [1.807, 2.05) is 18.2 Å². The number of benzene rings is 1. The van der Waals surface area contributed by atoms with Crippen molar-refractivity contribution in [3.05, 3.63) is 23.8 Å². The first-order valence-electron chi connectivity index (χ1n) is 7.31. The van der Waals surface area contributed by atoms with E-state index in [2.05, 4.69) is 24.5 Å². The van der Waals surface area contributed by atoms with Crippen LogP contribution in [0.2, 0.25) is 0 Å². The Bertz CT molecular complexity index is 449. The molecule has 1 atom stereocenters. The molecule has 0 heterocycles. The topological polar surface area (TPSA) is 59.6 Å². The van der Waals surface area contributed by atoms with Gasteiger partial charge in [-0.1, -0.05) is 13.0 Å². The van der Waals surface area contributed by atoms with Gasteiger partial charge < -0.3 is 20.1 Å². The van der Waals surface area contributed by atoms with Gasteiger partial charge in [-0.2, -0.15) is 0 Å². The predicted molar refractivity (Wildman–Crippen MR) is 84.0 cm³/mol. The Labute approximate surface area is 127 Å². The number of aryl methyl sites for hydroxylation is 1. The number of carbonyl (C=O) groups excluding carboxylic acids is 1. The number of ether oxygens (including phenoxy) is 2. The smallest absolute Gasteiger partial charge is 0.220 e. The molecule has 0 spiro atoms. The third kappa shape index (κ3) is 6.04. The fourth-order valence-electron chi connectivity index (χ4n) is 2.07. The molecule has 118 valence electrons. The van der Waals surface area contributed by atoms with E-state index < -0.39 is 0 Å². The summed E-state index contributed by atoms with van der Waals surface area (Å²) in [7, 11) is 3.22. The molecule has 1 aromatic rings. The molecular weight excluding hydrogens is 268 g/mol. The number of likely N-dealkylation sites (N-methyl/N-ethyl adjacent to an activating group) is 1. The van der Waals surface area contributed by atoms with Crippen molar-refractivity contribution in [1.82, 2.24) is 10.6 Å². The summed E-state index contributed by atoms with van der Waals surface area (Å²) in [5.74, 6) is 1.45. The van der Waals surface area contributed by atoms with E-state index in [4.69, 9.17) is 9.47 Å². The average Bonchev–Trinajstić information content (AvgIpc) is 2.50. The Hall–Kier alpha value is -1.75. The first-order chi connectivity index (χ1) is 10.1. The minimum Gasteiger partial charge on any atom is -0.493 e. The zero-order chi connectivity index (χ0) is 15.7. The first kappa shape index (κ1) is 17.3. The van der Waals surface area contributed by atoms with Crippen molar-refractivity contribution in [2.45, 2.75) is 32.7 Å². The fourth-order valence-corrected chi connectivity index (χ4v) is 2.07. The Balaban J connectivity index is 2.42. The van der Waals surface area contributed by atoms with Gasteiger partial charge in [-0.05, 0) is 37.6 Å². The van der Waals surface area contributed by atoms with Crippen molar-refractivity contribution < 1.29 is 14.3 Å². The van der Waals surface area contributed by atoms with Crippen molar-refractivity contribution in [1.29, 1.82) is 0 Å². The van der Waals surface area contributed by atoms with Gasteiger partial charge in [-0.25, -0.2) is 0 Å². The summed E-state index contributed by atoms with van der Waals surface area (Å²) in [6, 6.07) is 6.02. The van der Waals surface area contributed by atoms with E-state index in [-0.39, 0.29) is 5.91 Å². The molecule has 1 amide bonds. The summed E-state index contributed by atoms with van der Waals surface area (Å²) in [6.07, 6.45) is 1.15. The highest BCUT2D eigenvalue weighted by atomic mass is 16.5. The normalized spacial score (nSPS) is 11.8. The van der Waals surface area contributed by atoms with Gasteiger partial charge in [0.25, 0.3) is 0 Å². The van der Waals surface area contributed by atoms with Crippen LogP contribution in [0.4, 0.5) is 0 Å². The van der Waals surface area contributed by atoms with Crippen LogP contribution in [0.25, 0.3) is 0 Å². The lowest BCUT2D eigenvalue weighted by atomic mass is 10.1. The number of hydrogen-bond acceptors (Lipinski definition) is 4. The summed E-state index contributed by atoms with van der Waals surface area (Å²) < 4.78 is 10.4. The minimum absolute atomic E-state index is 0.0644. The van der Waals surface area contributed by atoms with Crippen LogP contribution < -0.4 is 20.1 Å². The Kier molecular flexibility index (Phi) is 7.61. The van der Waals surface area contributed by atoms with Crippen molar-refractivity contribution in [2.24, 2.45) is 0 Å². The van der Waals surface area contributed by atoms with Crippen molar-refractivity contribution >= 4 is 5.91 Å². The number of hydrogen-bond donors (Lipinski definition) is 2. The molecule has 0 bridgehead atoms. The maximum atomic E-state index is 11.8. The largest absolute Gasteiger partial charge is 0.493 e. The van der Waals surface area contributed by atoms with Gasteiger partial charge in [0.1, 0.15) is 0 Å². The number of carbonyl (C=O) groups is 1. The van der Waals surface area contributed by atoms with Crippen LogP contribution in [-0.4, -0.2) is 39.3 Å². The second kappa shape index (κ2) is 9.23. The van der Waals surface area contributed by atoms with E-state index >= 15 is 0 Å². The standard InChI is InChI=1S/C16H26N2O3/c1-5-17-12(2)11-18-16(19)9-7-13-6-8-14(20-3)15(10-13)21-4/h6,8,10,12,17H,5,7,9,11H2,1-4H3,(H,18,19)/t12-/m1/s1. The summed E-state index contributed by atoms with van der Waals surface area (Å²) in [5.41, 5.74) is 1.06. The van der Waals surface area contributed by atoms with E-state index in [1.54, 1.807) is 14.2 Å². The lowest BCUT2D eigenvalue weighted by Crippen LogP contribution is -2.38. The fraction of sp³-hybridized carbons (Fsp3) is 0.562. The number of rotatable bonds is 9. The number of nitrogens with one attached hydrogen (secondary N) is 2. The highest BCUT2D eigenvalue weighted by Crippen LogP contribution is 2.27. The minimum atomic E-state index is 0.0644. The van der Waals surface area contributed by atoms with Crippen LogP contribution in [0, 0.1) is 0 Å². The van der Waals surface area contributed by atoms with Gasteiger partial charge in [0.15, 0.2) is 11.5 Å². The molecule has 21 heavy (non-hydrogen) atoms. The van der Waals surface area contributed by atoms with Gasteiger partial charge in [0, 0.05) is 19.0 Å². The lowest BCUT2D eigenvalue weighted by Gasteiger charge is -2.13. The van der Waals surface area contributed by atoms with Crippen LogP contribution in [0.5, 0.6) is 11.5 Å². The van der Waals surface area contributed by atoms with Gasteiger partial charge in [-0.15, -0.1) is 0 Å². The average molecular weight is 294 g/mol. The molecule has 2 N–H and O–H groups in total. The zero-order valence-corrected chi connectivity index (χ0v) is 13.4. The molecular formula is C16H26N2O3. The quantitative estimate of drug-likeness (QED) is 0.728. The molecule has 1 aromatic carbocycles. The summed E-state index contributed by atoms with van der Waals surface area (Å²) in [4.78, 5) is 11.8. The highest BCUT2D eigenvalue weighted by Gasteiger charge is 2.08. The van der Waals surface area contributed by atoms with Crippen LogP contribution >= 0.6 is 0 Å². The molecule has 0 saturated heterocycles. The Morgan fingerprint density at radius 3 is 2.57 bits per heavy atom. The Morgan fingerprint density at radius 1 is 1.24 bits per heavy atom. The summed E-state index contributed by atoms with van der Waals surface area (Å²) in [5, 5.41) is 6.19. The number of methoxy groups -OCH3 is 2. The zero-order valence-electron chi connectivity index (χ0n) is 13.4. The second-order valence-electron chi connectivity index (χ2n) is 4.95. The third-order valence-corrected chi connectivity index (χ3v) is 3.25. The van der Waals surface area contributed by atoms with Crippen LogP contribution in [0.15, 0.2) is 18.2 Å². The predicted octanol–water partition coefficient (Wildman–Crippen LogP) is 1.75. The lowest BCUT2D eigenvalue weighted by molar-refractivity contribution is -0.121. The summed E-state index contributed by atoms with van der Waals surface area (Å²) in [6.45, 7) is 5.66. The van der Waals surface area contributed by atoms with Crippen LogP contribution in [0.1, 0.15) is 25.8 Å². The first-order valence-corrected chi connectivity index (χ1v) is 7.31. The molecule has 0 aliphatic carbocycles. The van der Waals surface area contributed by atoms with Crippen molar-refractivity contribution in [2.75, 3.05) is 27.3 Å². The SMILES string of the molecule is CCN[C@H](C)CNC(=O)CCc1ccc(OC)c(OC)c1. The van der Waals surface area contributed by atoms with Crippen LogP contribution in [-0.2, 0) is 11.2 Å². The monoisotopic (exact) mass is 294 g/mol. The van der Waals surface area contributed by atoms with E-state index in [0.717, 1.165) is 12.1 Å². The van der Waals surface area contributed by atoms with Gasteiger partial charge in [-0.3, -0.25) is 4.79 Å². The molecule has 0 saturated carbocycles. The van der Waals surface area contributed by atoms with E-state index in [1.165, 1.54) is 0 Å². The van der Waals surface area contributed by atoms with Crippen molar-refractivity contribution in [3.63, 3.8) is 0 Å². The molecule has 0 aliphatic heterocycles. The summed E-state index contributed by atoms with van der Waals surface area (Å²) >= 11 is 0. The maximum absolute atomic E-state index is 11.8. The molecule has 0 radical (unpaired) electrons. The third-order valence-electron chi connectivity index (χ3n) is 3.25. The molecule has 0 fully saturated rings.